The molecule has 0 unspecified atom stereocenters. The van der Waals surface area contributed by atoms with Crippen LogP contribution in [0.15, 0.2) is 83.9 Å². The summed E-state index contributed by atoms with van der Waals surface area (Å²) in [5, 5.41) is 106. The molecular weight excluding hydrogens is 1090 g/mol. The highest BCUT2D eigenvalue weighted by molar-refractivity contribution is 6.32. The summed E-state index contributed by atoms with van der Waals surface area (Å²) in [6, 6.07) is 2.75. The SMILES string of the molecule is CN[C@H](CC(C)C)C(=O)N[C@H]1C(=O)N[C@@H](CC(N)=O)C(=O)N[C@H]2C(NO)=N[C@H]3C(=O)N[C@H](C(=O)N[C@H](CO)c4cc(O)cc(O)c4-c4cc3ccc4O)[C@H](O)c3ccc(c(Cl)c3)Oc3cc2cc(c3O)Oc2ccc(cc2Cl)[C@H]1O. The molecule has 0 radical (unpaired) electrons. The largest absolute Gasteiger partial charge is 0.508 e. The Bertz CT molecular complexity index is 3330. The number of benzene rings is 5. The second kappa shape index (κ2) is 23.9. The fraction of sp³-hybridized carbons (Fsp3) is 0.302. The Morgan fingerprint density at radius 1 is 0.713 bits per heavy atom. The standard InChI is InChI=1S/C53H55Cl2N9O16/c1-20(2)10-30(57-3)49(73)62-43-45(70)22-5-8-35(28(54)12-22)79-37-14-24-15-38(47(37)72)80-36-9-6-23(13-29(36)55)46(71)44-53(77)59-32(19-65)26-16-25(66)17-34(68)40(26)27-11-21(4-7-33(27)67)42(51(75)63-44)60-48(64-78)41(24)61-50(74)31(18-39(56)69)58-52(43)76/h4-9,11-17,20,30-32,41-46,57,65-68,70-72,78H,10,18-19H2,1-3H3,(H2,56,69)(H,58,76)(H,59,77)(H,60,64)(H,61,74)(H,62,73)(H,63,75)/t30-,31+,32-,41-,42-,43-,44+,45-,46-/m1/s1. The minimum atomic E-state index is -2.04. The maximum Gasteiger partial charge on any atom is 0.250 e. The average molecular weight is 1140 g/mol. The Morgan fingerprint density at radius 2 is 1.32 bits per heavy atom. The highest BCUT2D eigenvalue weighted by Gasteiger charge is 2.40. The molecule has 11 bridgehead atoms. The second-order valence-electron chi connectivity index (χ2n) is 19.4. The topological polar surface area (TPSA) is 405 Å². The minimum Gasteiger partial charge on any atom is -0.508 e. The molecule has 27 heteroatoms. The van der Waals surface area contributed by atoms with Crippen LogP contribution in [0.2, 0.25) is 10.0 Å². The summed E-state index contributed by atoms with van der Waals surface area (Å²) in [7, 11) is 1.51. The van der Waals surface area contributed by atoms with Crippen LogP contribution in [-0.4, -0.2) is 120 Å². The van der Waals surface area contributed by atoms with Gasteiger partial charge in [-0.15, -0.1) is 0 Å². The number of hydrogen-bond acceptors (Lipinski definition) is 19. The molecule has 5 aliphatic rings. The quantitative estimate of drug-likeness (QED) is 0.0993. The van der Waals surface area contributed by atoms with Crippen LogP contribution in [0, 0.1) is 5.92 Å². The molecule has 5 heterocycles. The zero-order valence-electron chi connectivity index (χ0n) is 42.5. The number of carbonyl (C=O) groups excluding carboxylic acids is 6. The van der Waals surface area contributed by atoms with E-state index in [1.807, 2.05) is 19.3 Å². The van der Waals surface area contributed by atoms with Gasteiger partial charge in [-0.25, -0.2) is 0 Å². The van der Waals surface area contributed by atoms with Crippen molar-refractivity contribution in [3.8, 4) is 57.1 Å². The van der Waals surface area contributed by atoms with Gasteiger partial charge in [-0.05, 0) is 102 Å². The molecule has 422 valence electrons. The van der Waals surface area contributed by atoms with Gasteiger partial charge in [0.2, 0.25) is 41.2 Å². The Labute approximate surface area is 464 Å². The molecule has 9 atom stereocenters. The van der Waals surface area contributed by atoms with E-state index >= 15 is 4.79 Å². The van der Waals surface area contributed by atoms with Gasteiger partial charge in [0.25, 0.3) is 0 Å². The van der Waals surface area contributed by atoms with Crippen LogP contribution in [0.5, 0.6) is 46.0 Å². The molecule has 10 rings (SSSR count). The van der Waals surface area contributed by atoms with Gasteiger partial charge >= 0.3 is 0 Å². The number of amidine groups is 1. The summed E-state index contributed by atoms with van der Waals surface area (Å²) in [6.45, 7) is 2.80. The number of likely N-dealkylation sites (N-methyl/N-ethyl adjacent to an activating group) is 1. The monoisotopic (exact) mass is 1140 g/mol. The van der Waals surface area contributed by atoms with Gasteiger partial charge in [-0.3, -0.25) is 44.4 Å². The van der Waals surface area contributed by atoms with Gasteiger partial charge in [-0.2, -0.15) is 0 Å². The fourth-order valence-electron chi connectivity index (χ4n) is 9.43. The molecule has 5 aromatic rings. The number of phenolic OH excluding ortho intramolecular Hbond substituents is 4. The predicted octanol–water partition coefficient (Wildman–Crippen LogP) is 2.56. The third-order valence-corrected chi connectivity index (χ3v) is 14.0. The maximum absolute atomic E-state index is 15.1. The van der Waals surface area contributed by atoms with E-state index in [4.69, 9.17) is 38.4 Å². The smallest absolute Gasteiger partial charge is 0.250 e. The van der Waals surface area contributed by atoms with Crippen molar-refractivity contribution in [1.82, 2.24) is 37.4 Å². The first-order chi connectivity index (χ1) is 38.0. The average Bonchev–Trinajstić information content (AvgIpc) is 3.42. The number of ether oxygens (including phenoxy) is 2. The molecule has 0 aromatic heterocycles. The lowest BCUT2D eigenvalue weighted by Crippen LogP contribution is -2.59. The van der Waals surface area contributed by atoms with Crippen molar-refractivity contribution >= 4 is 64.5 Å². The minimum absolute atomic E-state index is 0.0243. The van der Waals surface area contributed by atoms with E-state index in [9.17, 15) is 64.9 Å². The van der Waals surface area contributed by atoms with Crippen LogP contribution >= 0.6 is 23.2 Å². The van der Waals surface area contributed by atoms with Crippen LogP contribution in [0.25, 0.3) is 11.1 Å². The Hall–Kier alpha value is -8.43. The number of hydroxylamine groups is 1. The number of amides is 6. The number of nitrogens with zero attached hydrogens (tertiary/aromatic N) is 1. The van der Waals surface area contributed by atoms with Crippen molar-refractivity contribution < 1.29 is 79.2 Å². The number of aromatic hydroxyl groups is 4. The summed E-state index contributed by atoms with van der Waals surface area (Å²) in [6.07, 6.45) is -4.59. The number of nitrogens with two attached hydrogens (primary N) is 1. The van der Waals surface area contributed by atoms with Gasteiger partial charge < -0.3 is 82.9 Å². The summed E-state index contributed by atoms with van der Waals surface area (Å²) in [4.78, 5) is 90.2. The van der Waals surface area contributed by atoms with Crippen molar-refractivity contribution in [2.75, 3.05) is 13.7 Å². The van der Waals surface area contributed by atoms with E-state index in [1.54, 1.807) is 0 Å². The fourth-order valence-corrected chi connectivity index (χ4v) is 9.88. The van der Waals surface area contributed by atoms with Gasteiger partial charge in [0.15, 0.2) is 17.5 Å². The van der Waals surface area contributed by atoms with Crippen molar-refractivity contribution in [3.63, 3.8) is 0 Å². The second-order valence-corrected chi connectivity index (χ2v) is 20.2. The number of primary amides is 1. The summed E-state index contributed by atoms with van der Waals surface area (Å²) >= 11 is 13.6. The van der Waals surface area contributed by atoms with E-state index in [-0.39, 0.29) is 72.8 Å². The van der Waals surface area contributed by atoms with Crippen LogP contribution < -0.4 is 52.6 Å². The van der Waals surface area contributed by atoms with Gasteiger partial charge in [0.1, 0.15) is 71.0 Å². The molecule has 25 nitrogen and oxygen atoms in total. The van der Waals surface area contributed by atoms with E-state index in [0.29, 0.717) is 0 Å². The van der Waals surface area contributed by atoms with Gasteiger partial charge in [-0.1, -0.05) is 55.2 Å². The first-order valence-corrected chi connectivity index (χ1v) is 25.4. The number of phenols is 4. The van der Waals surface area contributed by atoms with Crippen molar-refractivity contribution in [1.29, 1.82) is 0 Å². The number of aliphatic hydroxyl groups is 3. The lowest BCUT2D eigenvalue weighted by atomic mass is 9.90. The number of aliphatic imine (C=N–C) groups is 1. The Morgan fingerprint density at radius 3 is 1.90 bits per heavy atom. The van der Waals surface area contributed by atoms with E-state index in [2.05, 4.69) is 36.9 Å². The maximum atomic E-state index is 15.1. The number of aliphatic hydroxyl groups excluding tert-OH is 3. The first kappa shape index (κ1) is 57.7. The number of halogens is 2. The van der Waals surface area contributed by atoms with Crippen molar-refractivity contribution in [2.24, 2.45) is 16.6 Å². The van der Waals surface area contributed by atoms with Crippen LogP contribution in [-0.2, 0) is 28.8 Å². The third-order valence-electron chi connectivity index (χ3n) is 13.4. The van der Waals surface area contributed by atoms with Gasteiger partial charge in [0, 0.05) is 17.2 Å². The molecule has 5 aliphatic heterocycles. The number of rotatable bonds is 8. The number of fused-ring (bicyclic) bond motifs is 14. The van der Waals surface area contributed by atoms with Crippen molar-refractivity contribution in [3.05, 3.63) is 117 Å². The normalized spacial score (nSPS) is 22.4. The molecule has 0 fully saturated rings. The van der Waals surface area contributed by atoms with Gasteiger partial charge in [0.05, 0.1) is 35.2 Å². The zero-order valence-corrected chi connectivity index (χ0v) is 44.0. The van der Waals surface area contributed by atoms with E-state index < -0.39 is 143 Å². The highest BCUT2D eigenvalue weighted by atomic mass is 35.5. The number of hydrogen-bond donors (Lipinski definition) is 16. The predicted molar refractivity (Wildman–Crippen MR) is 284 cm³/mol. The molecule has 17 N–H and O–H groups in total. The highest BCUT2D eigenvalue weighted by Crippen LogP contribution is 2.48. The number of carbonyl (C=O) groups is 6. The summed E-state index contributed by atoms with van der Waals surface area (Å²) in [5.74, 6) is -11.5. The Kier molecular flexibility index (Phi) is 17.2. The molecule has 0 saturated heterocycles. The molecule has 0 spiro atoms. The lowest BCUT2D eigenvalue weighted by Gasteiger charge is -2.31. The molecule has 6 amide bonds. The van der Waals surface area contributed by atoms with Crippen LogP contribution in [0.3, 0.4) is 0 Å². The molecule has 0 saturated carbocycles. The summed E-state index contributed by atoms with van der Waals surface area (Å²) < 4.78 is 12.4. The van der Waals surface area contributed by atoms with E-state index in [1.165, 1.54) is 55.6 Å². The zero-order chi connectivity index (χ0) is 58.0. The molecule has 0 aliphatic carbocycles. The molecular formula is C53H55Cl2N9O16. The first-order valence-electron chi connectivity index (χ1n) is 24.6. The van der Waals surface area contributed by atoms with Crippen LogP contribution in [0.4, 0.5) is 0 Å². The van der Waals surface area contributed by atoms with Crippen LogP contribution in [0.1, 0.15) is 84.8 Å². The van der Waals surface area contributed by atoms with E-state index in [0.717, 1.165) is 30.3 Å². The lowest BCUT2D eigenvalue weighted by molar-refractivity contribution is -0.136. The van der Waals surface area contributed by atoms with Crippen molar-refractivity contribution in [2.45, 2.75) is 81.2 Å². The molecule has 80 heavy (non-hydrogen) atoms. The third kappa shape index (κ3) is 12.1. The molecule has 5 aromatic carbocycles. The number of nitrogens with one attached hydrogen (secondary N) is 7. The summed E-state index contributed by atoms with van der Waals surface area (Å²) in [5.41, 5.74) is 6.26. The Balaban J connectivity index is 1.40.